The molecule has 1 aliphatic rings. The van der Waals surface area contributed by atoms with Crippen molar-refractivity contribution in [2.24, 2.45) is 0 Å². The van der Waals surface area contributed by atoms with E-state index in [2.05, 4.69) is 10.3 Å². The lowest BCUT2D eigenvalue weighted by Gasteiger charge is -2.11. The van der Waals surface area contributed by atoms with Gasteiger partial charge in [-0.2, -0.15) is 0 Å². The van der Waals surface area contributed by atoms with E-state index in [4.69, 9.17) is 17.0 Å². The fourth-order valence-electron chi connectivity index (χ4n) is 2.25. The maximum atomic E-state index is 5.56. The molecule has 106 valence electrons. The number of nitrogens with one attached hydrogen (secondary N) is 1. The van der Waals surface area contributed by atoms with E-state index < -0.39 is 0 Å². The van der Waals surface area contributed by atoms with E-state index in [1.165, 1.54) is 0 Å². The van der Waals surface area contributed by atoms with Crippen molar-refractivity contribution in [3.63, 3.8) is 0 Å². The van der Waals surface area contributed by atoms with Crippen LogP contribution >= 0.6 is 24.0 Å². The lowest BCUT2D eigenvalue weighted by atomic mass is 10.2. The van der Waals surface area contributed by atoms with Gasteiger partial charge in [-0.25, -0.2) is 4.98 Å². The number of pyridine rings is 1. The van der Waals surface area contributed by atoms with Gasteiger partial charge >= 0.3 is 0 Å². The fraction of sp³-hybridized carbons (Fsp3) is 0.429. The molecular weight excluding hydrogens is 290 g/mol. The van der Waals surface area contributed by atoms with Crippen LogP contribution in [0.15, 0.2) is 30.6 Å². The topological polar surface area (TPSA) is 38.6 Å². The molecule has 1 N–H and O–H groups in total. The Balaban J connectivity index is 1.47. The summed E-state index contributed by atoms with van der Waals surface area (Å²) in [5, 5.41) is 3.26. The highest BCUT2D eigenvalue weighted by molar-refractivity contribution is 8.22. The maximum absolute atomic E-state index is 5.56. The average Bonchev–Trinajstić information content (AvgIpc) is 3.11. The van der Waals surface area contributed by atoms with Crippen molar-refractivity contribution in [1.82, 2.24) is 14.7 Å². The Morgan fingerprint density at radius 3 is 3.30 bits per heavy atom. The average molecular weight is 307 g/mol. The number of nitrogens with zero attached hydrogens (tertiary/aromatic N) is 2. The minimum Gasteiger partial charge on any atom is -0.376 e. The van der Waals surface area contributed by atoms with Crippen molar-refractivity contribution in [2.45, 2.75) is 24.7 Å². The van der Waals surface area contributed by atoms with Crippen LogP contribution in [0.1, 0.15) is 18.5 Å². The number of fused-ring (bicyclic) bond motifs is 1. The largest absolute Gasteiger partial charge is 0.376 e. The summed E-state index contributed by atoms with van der Waals surface area (Å²) < 4.78 is 8.40. The first-order chi connectivity index (χ1) is 9.81. The van der Waals surface area contributed by atoms with Crippen LogP contribution in [0.5, 0.6) is 0 Å². The number of aromatic nitrogens is 2. The number of rotatable bonds is 4. The van der Waals surface area contributed by atoms with Gasteiger partial charge in [0, 0.05) is 31.3 Å². The first-order valence-corrected chi connectivity index (χ1v) is 8.15. The molecule has 4 nitrogen and oxygen atoms in total. The van der Waals surface area contributed by atoms with E-state index in [-0.39, 0.29) is 0 Å². The van der Waals surface area contributed by atoms with Crippen LogP contribution in [0.25, 0.3) is 5.65 Å². The molecule has 2 aromatic rings. The zero-order chi connectivity index (χ0) is 13.8. The van der Waals surface area contributed by atoms with Crippen molar-refractivity contribution < 1.29 is 4.74 Å². The van der Waals surface area contributed by atoms with E-state index in [0.717, 1.165) is 47.4 Å². The van der Waals surface area contributed by atoms with Crippen molar-refractivity contribution in [3.8, 4) is 0 Å². The lowest BCUT2D eigenvalue weighted by molar-refractivity contribution is 0.114. The third-order valence-electron chi connectivity index (χ3n) is 3.26. The summed E-state index contributed by atoms with van der Waals surface area (Å²) in [5.41, 5.74) is 2.02. The summed E-state index contributed by atoms with van der Waals surface area (Å²) in [5.74, 6) is 0.791. The van der Waals surface area contributed by atoms with Gasteiger partial charge < -0.3 is 14.5 Å². The Morgan fingerprint density at radius 1 is 1.55 bits per heavy atom. The number of imidazole rings is 1. The highest BCUT2D eigenvalue weighted by Crippen LogP contribution is 2.15. The molecule has 3 heterocycles. The van der Waals surface area contributed by atoms with Gasteiger partial charge in [0.25, 0.3) is 0 Å². The Labute approximate surface area is 127 Å². The molecule has 1 fully saturated rings. The number of thioether (sulfide) groups is 1. The van der Waals surface area contributed by atoms with Gasteiger partial charge in [-0.05, 0) is 25.0 Å². The number of hydrogen-bond acceptors (Lipinski definition) is 4. The molecule has 1 aliphatic heterocycles. The van der Waals surface area contributed by atoms with Gasteiger partial charge in [0.1, 0.15) is 9.97 Å². The van der Waals surface area contributed by atoms with Crippen molar-refractivity contribution in [3.05, 3.63) is 36.3 Å². The highest BCUT2D eigenvalue weighted by Gasteiger charge is 2.15. The molecule has 1 atom stereocenters. The summed E-state index contributed by atoms with van der Waals surface area (Å²) in [7, 11) is 0. The first kappa shape index (κ1) is 13.9. The monoisotopic (exact) mass is 307 g/mol. The van der Waals surface area contributed by atoms with Crippen molar-refractivity contribution >= 4 is 33.9 Å². The van der Waals surface area contributed by atoms with Crippen molar-refractivity contribution in [2.75, 3.05) is 13.2 Å². The molecule has 0 aromatic carbocycles. The fourth-order valence-corrected chi connectivity index (χ4v) is 3.11. The molecule has 6 heteroatoms. The van der Waals surface area contributed by atoms with E-state index in [1.54, 1.807) is 11.8 Å². The molecule has 0 bridgehead atoms. The van der Waals surface area contributed by atoms with Crippen molar-refractivity contribution in [1.29, 1.82) is 0 Å². The predicted molar refractivity (Wildman–Crippen MR) is 86.1 cm³/mol. The standard InChI is InChI=1S/C14H17N3OS2/c19-14(15-8-12-4-3-7-18-12)20-10-11-9-17-6-2-1-5-13(17)16-11/h1-2,5-6,9,12H,3-4,7-8,10H2,(H,15,19)/t12-/m0/s1. The summed E-state index contributed by atoms with van der Waals surface area (Å²) in [4.78, 5) is 4.55. The summed E-state index contributed by atoms with van der Waals surface area (Å²) in [6.45, 7) is 1.70. The second-order valence-electron chi connectivity index (χ2n) is 4.79. The molecule has 0 saturated carbocycles. The van der Waals surface area contributed by atoms with Crippen LogP contribution in [0.2, 0.25) is 0 Å². The highest BCUT2D eigenvalue weighted by atomic mass is 32.2. The van der Waals surface area contributed by atoms with Gasteiger partial charge in [-0.15, -0.1) is 0 Å². The van der Waals surface area contributed by atoms with E-state index >= 15 is 0 Å². The number of thiocarbonyl (C=S) groups is 1. The molecule has 0 radical (unpaired) electrons. The van der Waals surface area contributed by atoms with E-state index in [9.17, 15) is 0 Å². The maximum Gasteiger partial charge on any atom is 0.137 e. The van der Waals surface area contributed by atoms with Crippen LogP contribution in [-0.4, -0.2) is 33.0 Å². The van der Waals surface area contributed by atoms with Crippen LogP contribution in [0, 0.1) is 0 Å². The molecule has 0 spiro atoms. The molecule has 3 rings (SSSR count). The molecule has 0 aliphatic carbocycles. The smallest absolute Gasteiger partial charge is 0.137 e. The zero-order valence-electron chi connectivity index (χ0n) is 11.1. The zero-order valence-corrected chi connectivity index (χ0v) is 12.8. The Kier molecular flexibility index (Phi) is 4.54. The number of ether oxygens (including phenoxy) is 1. The van der Waals surface area contributed by atoms with Crippen LogP contribution in [0.3, 0.4) is 0 Å². The molecule has 20 heavy (non-hydrogen) atoms. The molecule has 0 unspecified atom stereocenters. The normalized spacial score (nSPS) is 18.5. The lowest BCUT2D eigenvalue weighted by Crippen LogP contribution is -2.28. The number of hydrogen-bond donors (Lipinski definition) is 1. The summed E-state index contributed by atoms with van der Waals surface area (Å²) in [6.07, 6.45) is 6.67. The van der Waals surface area contributed by atoms with E-state index in [1.807, 2.05) is 35.0 Å². The van der Waals surface area contributed by atoms with Crippen LogP contribution in [-0.2, 0) is 10.5 Å². The third-order valence-corrected chi connectivity index (χ3v) is 4.61. The van der Waals surface area contributed by atoms with Gasteiger partial charge in [-0.3, -0.25) is 0 Å². The van der Waals surface area contributed by atoms with Gasteiger partial charge in [0.2, 0.25) is 0 Å². The summed E-state index contributed by atoms with van der Waals surface area (Å²) >= 11 is 6.95. The van der Waals surface area contributed by atoms with Gasteiger partial charge in [-0.1, -0.05) is 30.0 Å². The molecule has 0 amide bonds. The minimum absolute atomic E-state index is 0.323. The molecule has 1 saturated heterocycles. The Hall–Kier alpha value is -1.11. The first-order valence-electron chi connectivity index (χ1n) is 6.76. The molecular formula is C14H17N3OS2. The van der Waals surface area contributed by atoms with Crippen LogP contribution in [0.4, 0.5) is 0 Å². The van der Waals surface area contributed by atoms with Gasteiger partial charge in [0.05, 0.1) is 11.8 Å². The summed E-state index contributed by atoms with van der Waals surface area (Å²) in [6, 6.07) is 5.99. The quantitative estimate of drug-likeness (QED) is 0.879. The Morgan fingerprint density at radius 2 is 2.50 bits per heavy atom. The second kappa shape index (κ2) is 6.56. The van der Waals surface area contributed by atoms with Crippen LogP contribution < -0.4 is 5.32 Å². The van der Waals surface area contributed by atoms with Gasteiger partial charge in [0.15, 0.2) is 0 Å². The SMILES string of the molecule is S=C(NC[C@@H]1CCCO1)SCc1cn2ccccc2n1. The third kappa shape index (κ3) is 3.50. The minimum atomic E-state index is 0.323. The predicted octanol–water partition coefficient (Wildman–Crippen LogP) is 2.62. The van der Waals surface area contributed by atoms with E-state index in [0.29, 0.717) is 6.10 Å². The Bertz CT molecular complexity index is 560. The second-order valence-corrected chi connectivity index (χ2v) is 6.44. The molecule has 2 aromatic heterocycles.